The van der Waals surface area contributed by atoms with Crippen molar-refractivity contribution in [3.05, 3.63) is 132 Å². The van der Waals surface area contributed by atoms with Crippen molar-refractivity contribution in [2.45, 2.75) is 72.1 Å². The van der Waals surface area contributed by atoms with Crippen molar-refractivity contribution in [1.29, 1.82) is 0 Å². The molecule has 5 nitrogen and oxygen atoms in total. The second kappa shape index (κ2) is 13.6. The zero-order valence-corrected chi connectivity index (χ0v) is 31.1. The van der Waals surface area contributed by atoms with E-state index in [-0.39, 0.29) is 37.1 Å². The van der Waals surface area contributed by atoms with E-state index < -0.39 is 0 Å². The molecule has 0 aliphatic carbocycles. The van der Waals surface area contributed by atoms with Crippen LogP contribution >= 0.6 is 0 Å². The Morgan fingerprint density at radius 3 is 2.22 bits per heavy atom. The van der Waals surface area contributed by atoms with Crippen LogP contribution in [0.2, 0.25) is 0 Å². The van der Waals surface area contributed by atoms with Crippen LogP contribution in [0.25, 0.3) is 44.4 Å². The van der Waals surface area contributed by atoms with Gasteiger partial charge in [0.15, 0.2) is 0 Å². The van der Waals surface area contributed by atoms with Gasteiger partial charge in [-0.2, -0.15) is 11.2 Å². The molecule has 0 amide bonds. The van der Waals surface area contributed by atoms with E-state index in [4.69, 9.17) is 9.84 Å². The smallest absolute Gasteiger partial charge is 0.509 e. The summed E-state index contributed by atoms with van der Waals surface area (Å²) in [5.74, 6) is 1.22. The third-order valence-electron chi connectivity index (χ3n) is 8.86. The van der Waals surface area contributed by atoms with Gasteiger partial charge in [0.1, 0.15) is 11.6 Å². The fourth-order valence-electron chi connectivity index (χ4n) is 6.59. The van der Waals surface area contributed by atoms with Gasteiger partial charge >= 0.3 is 20.4 Å². The number of nitrogens with zero attached hydrogens (tertiary/aromatic N) is 4. The maximum Gasteiger partial charge on any atom is 2.00 e. The number of aromatic nitrogens is 4. The van der Waals surface area contributed by atoms with Crippen molar-refractivity contribution in [2.75, 3.05) is 0 Å². The van der Waals surface area contributed by atoms with Gasteiger partial charge in [-0.15, -0.1) is 41.3 Å². The van der Waals surface area contributed by atoms with Crippen LogP contribution in [-0.2, 0) is 37.7 Å². The summed E-state index contributed by atoms with van der Waals surface area (Å²) < 4.78 is 25.0. The van der Waals surface area contributed by atoms with Crippen molar-refractivity contribution in [2.24, 2.45) is 0 Å². The van der Waals surface area contributed by atoms with Crippen LogP contribution in [-0.4, -0.2) is 19.3 Å². The largest absolute Gasteiger partial charge is 2.00 e. The minimum Gasteiger partial charge on any atom is -0.509 e. The molecule has 0 saturated carbocycles. The third kappa shape index (κ3) is 6.65. The molecule has 0 saturated heterocycles. The Kier molecular flexibility index (Phi) is 9.61. The van der Waals surface area contributed by atoms with Crippen molar-refractivity contribution >= 4 is 21.8 Å². The number of halogens is 1. The maximum absolute atomic E-state index is 14.4. The summed E-state index contributed by atoms with van der Waals surface area (Å²) in [6.07, 6.45) is 3.34. The molecule has 0 bridgehead atoms. The quantitative estimate of drug-likeness (QED) is 0.120. The van der Waals surface area contributed by atoms with Crippen LogP contribution in [0.4, 0.5) is 4.39 Å². The molecule has 4 aromatic carbocycles. The van der Waals surface area contributed by atoms with Gasteiger partial charge in [0, 0.05) is 40.3 Å². The SMILES string of the molecule is CCCc1nn(-c2[c-]c(Oc3[c-]c4c(cc3)c3ccccc3n4-c3cc(F)ccn3)cc(C(C)(C)C)c2)c(C(C)(C)C)c1-c1ccccc1.[Pd+2]. The van der Waals surface area contributed by atoms with Crippen molar-refractivity contribution in [3.8, 4) is 34.1 Å². The topological polar surface area (TPSA) is 44.9 Å². The van der Waals surface area contributed by atoms with Crippen LogP contribution in [0, 0.1) is 17.9 Å². The Balaban J connectivity index is 0.00000432. The van der Waals surface area contributed by atoms with E-state index in [9.17, 15) is 4.39 Å². The van der Waals surface area contributed by atoms with Gasteiger partial charge < -0.3 is 9.30 Å². The maximum atomic E-state index is 14.4. The molecule has 0 N–H and O–H groups in total. The van der Waals surface area contributed by atoms with Gasteiger partial charge in [-0.3, -0.25) is 4.68 Å². The molecule has 50 heavy (non-hydrogen) atoms. The summed E-state index contributed by atoms with van der Waals surface area (Å²) in [4.78, 5) is 4.50. The molecule has 3 aromatic heterocycles. The van der Waals surface area contributed by atoms with Gasteiger partial charge in [-0.05, 0) is 40.6 Å². The molecule has 7 rings (SSSR count). The zero-order valence-electron chi connectivity index (χ0n) is 29.5. The number of pyridine rings is 1. The van der Waals surface area contributed by atoms with E-state index in [1.807, 2.05) is 34.9 Å². The summed E-state index contributed by atoms with van der Waals surface area (Å²) in [5.41, 5.74) is 7.77. The van der Waals surface area contributed by atoms with Crippen LogP contribution in [0.1, 0.15) is 71.8 Å². The molecule has 0 radical (unpaired) electrons. The molecule has 7 aromatic rings. The Bertz CT molecular complexity index is 2310. The van der Waals surface area contributed by atoms with Crippen molar-refractivity contribution < 1.29 is 29.6 Å². The first-order valence-corrected chi connectivity index (χ1v) is 16.9. The van der Waals surface area contributed by atoms with Gasteiger partial charge in [-0.1, -0.05) is 109 Å². The first kappa shape index (κ1) is 35.3. The van der Waals surface area contributed by atoms with E-state index >= 15 is 0 Å². The molecule has 0 aliphatic heterocycles. The number of fused-ring (bicyclic) bond motifs is 3. The van der Waals surface area contributed by atoms with Crippen LogP contribution < -0.4 is 4.74 Å². The van der Waals surface area contributed by atoms with E-state index in [0.717, 1.165) is 62.8 Å². The number of rotatable bonds is 7. The Morgan fingerprint density at radius 2 is 1.52 bits per heavy atom. The fraction of sp³-hybridized carbons (Fsp3) is 0.256. The zero-order chi connectivity index (χ0) is 34.5. The summed E-state index contributed by atoms with van der Waals surface area (Å²) in [6, 6.07) is 36.7. The van der Waals surface area contributed by atoms with Gasteiger partial charge in [0.25, 0.3) is 0 Å². The minimum atomic E-state index is -0.352. The third-order valence-corrected chi connectivity index (χ3v) is 8.86. The normalized spacial score (nSPS) is 12.0. The predicted octanol–water partition coefficient (Wildman–Crippen LogP) is 11.1. The predicted molar refractivity (Wildman–Crippen MR) is 197 cm³/mol. The monoisotopic (exact) mass is 754 g/mol. The summed E-state index contributed by atoms with van der Waals surface area (Å²) >= 11 is 0. The molecule has 0 atom stereocenters. The molecule has 0 spiro atoms. The second-order valence-corrected chi connectivity index (χ2v) is 14.7. The van der Waals surface area contributed by atoms with Gasteiger partial charge in [0.2, 0.25) is 0 Å². The first-order chi connectivity index (χ1) is 23.4. The molecule has 0 fully saturated rings. The number of para-hydroxylation sites is 1. The Hall–Kier alpha value is -4.57. The van der Waals surface area contributed by atoms with E-state index in [1.54, 1.807) is 0 Å². The fourth-order valence-corrected chi connectivity index (χ4v) is 6.59. The molecule has 3 heterocycles. The van der Waals surface area contributed by atoms with E-state index in [0.29, 0.717) is 17.3 Å². The number of aryl methyl sites for hydroxylation is 1. The minimum absolute atomic E-state index is 0. The molecular weight excluding hydrogens is 714 g/mol. The average molecular weight is 755 g/mol. The number of ether oxygens (including phenoxy) is 1. The van der Waals surface area contributed by atoms with E-state index in [2.05, 4.69) is 119 Å². The molecule has 256 valence electrons. The number of hydrogen-bond donors (Lipinski definition) is 0. The average Bonchev–Trinajstić information content (AvgIpc) is 3.61. The molecule has 0 unspecified atom stereocenters. The van der Waals surface area contributed by atoms with E-state index in [1.165, 1.54) is 23.9 Å². The summed E-state index contributed by atoms with van der Waals surface area (Å²) in [5, 5.41) is 7.29. The second-order valence-electron chi connectivity index (χ2n) is 14.7. The number of hydrogen-bond acceptors (Lipinski definition) is 3. The standard InChI is InChI=1S/C43H41FN4O.Pd/c1-8-14-36-40(28-15-10-9-11-16-28)41(43(5,6)7)48(46-36)31-23-29(42(2,3)4)24-33(26-31)49-32-19-20-35-34-17-12-13-18-37(34)47(38(35)27-32)39-25-30(44)21-22-45-39;/h9-13,15-25H,8,14H2,1-7H3;/q-2;+2. The summed E-state index contributed by atoms with van der Waals surface area (Å²) in [6.45, 7) is 15.5. The van der Waals surface area contributed by atoms with Crippen LogP contribution in [0.3, 0.4) is 0 Å². The Labute approximate surface area is 307 Å². The molecule has 0 aliphatic rings. The number of benzene rings is 4. The van der Waals surface area contributed by atoms with Gasteiger partial charge in [0.05, 0.1) is 11.4 Å². The first-order valence-electron chi connectivity index (χ1n) is 16.9. The summed E-state index contributed by atoms with van der Waals surface area (Å²) in [7, 11) is 0. The van der Waals surface area contributed by atoms with Crippen LogP contribution in [0.15, 0.2) is 97.2 Å². The Morgan fingerprint density at radius 1 is 0.780 bits per heavy atom. The van der Waals surface area contributed by atoms with Gasteiger partial charge in [-0.25, -0.2) is 9.37 Å². The van der Waals surface area contributed by atoms with Crippen LogP contribution in [0.5, 0.6) is 11.5 Å². The van der Waals surface area contributed by atoms with Crippen molar-refractivity contribution in [1.82, 2.24) is 19.3 Å². The van der Waals surface area contributed by atoms with Crippen molar-refractivity contribution in [3.63, 3.8) is 0 Å². The molecular formula is C43H41FN4OPd. The molecule has 7 heteroatoms.